The fourth-order valence-corrected chi connectivity index (χ4v) is 2.67. The van der Waals surface area contributed by atoms with Gasteiger partial charge in [0.05, 0.1) is 6.42 Å². The van der Waals surface area contributed by atoms with Crippen LogP contribution in [0.3, 0.4) is 0 Å². The van der Waals surface area contributed by atoms with Crippen molar-refractivity contribution in [3.63, 3.8) is 0 Å². The van der Waals surface area contributed by atoms with E-state index >= 15 is 0 Å². The number of carbonyl (C=O) groups is 2. The number of piperidine rings is 1. The molecular formula is C16H18F3NO4. The van der Waals surface area contributed by atoms with E-state index in [1.165, 1.54) is 23.1 Å². The first-order valence-electron chi connectivity index (χ1n) is 7.57. The molecule has 8 heteroatoms. The van der Waals surface area contributed by atoms with Gasteiger partial charge in [0, 0.05) is 6.54 Å². The van der Waals surface area contributed by atoms with Gasteiger partial charge in [0.15, 0.2) is 6.61 Å². The summed E-state index contributed by atoms with van der Waals surface area (Å²) in [6, 6.07) is 5.00. The van der Waals surface area contributed by atoms with Gasteiger partial charge < -0.3 is 14.7 Å². The van der Waals surface area contributed by atoms with Crippen LogP contribution in [0, 0.1) is 0 Å². The molecule has 0 bridgehead atoms. The molecule has 0 aromatic heterocycles. The Bertz CT molecular complexity index is 603. The van der Waals surface area contributed by atoms with Gasteiger partial charge in [-0.25, -0.2) is 4.79 Å². The van der Waals surface area contributed by atoms with Gasteiger partial charge in [-0.2, -0.15) is 13.2 Å². The van der Waals surface area contributed by atoms with Gasteiger partial charge in [0.1, 0.15) is 11.8 Å². The van der Waals surface area contributed by atoms with Crippen molar-refractivity contribution >= 4 is 11.9 Å². The number of carbonyl (C=O) groups excluding carboxylic acids is 1. The highest BCUT2D eigenvalue weighted by atomic mass is 19.4. The van der Waals surface area contributed by atoms with Crippen LogP contribution in [0.5, 0.6) is 5.75 Å². The molecule has 1 aliphatic rings. The fourth-order valence-electron chi connectivity index (χ4n) is 2.67. The zero-order valence-corrected chi connectivity index (χ0v) is 12.9. The summed E-state index contributed by atoms with van der Waals surface area (Å²) >= 11 is 0. The van der Waals surface area contributed by atoms with E-state index in [4.69, 9.17) is 0 Å². The number of halogens is 3. The molecule has 0 aliphatic carbocycles. The monoisotopic (exact) mass is 345 g/mol. The first-order chi connectivity index (χ1) is 11.3. The van der Waals surface area contributed by atoms with Gasteiger partial charge in [0.2, 0.25) is 5.91 Å². The Kier molecular flexibility index (Phi) is 5.69. The summed E-state index contributed by atoms with van der Waals surface area (Å²) in [7, 11) is 0. The van der Waals surface area contributed by atoms with Crippen LogP contribution in [-0.4, -0.2) is 47.3 Å². The summed E-state index contributed by atoms with van der Waals surface area (Å²) in [6.45, 7) is -1.03. The zero-order valence-electron chi connectivity index (χ0n) is 12.9. The van der Waals surface area contributed by atoms with E-state index in [9.17, 15) is 27.9 Å². The number of carboxylic acid groups (broad SMARTS) is 1. The predicted octanol–water partition coefficient (Wildman–Crippen LogP) is 2.64. The molecule has 0 radical (unpaired) electrons. The molecule has 1 atom stereocenters. The fraction of sp³-hybridized carbons (Fsp3) is 0.500. The Morgan fingerprint density at radius 2 is 2.04 bits per heavy atom. The van der Waals surface area contributed by atoms with Gasteiger partial charge in [-0.05, 0) is 37.0 Å². The van der Waals surface area contributed by atoms with Crippen LogP contribution in [-0.2, 0) is 16.0 Å². The summed E-state index contributed by atoms with van der Waals surface area (Å²) in [4.78, 5) is 24.9. The minimum Gasteiger partial charge on any atom is -0.484 e. The van der Waals surface area contributed by atoms with Crippen molar-refractivity contribution in [1.82, 2.24) is 4.90 Å². The molecule has 0 saturated carbocycles. The van der Waals surface area contributed by atoms with Crippen LogP contribution < -0.4 is 4.74 Å². The summed E-state index contributed by atoms with van der Waals surface area (Å²) in [6.07, 6.45) is -2.61. The van der Waals surface area contributed by atoms with Crippen LogP contribution in [0.15, 0.2) is 24.3 Å². The number of benzene rings is 1. The highest BCUT2D eigenvalue weighted by Crippen LogP contribution is 2.22. The molecule has 1 N–H and O–H groups in total. The van der Waals surface area contributed by atoms with Crippen LogP contribution >= 0.6 is 0 Å². The molecule has 1 heterocycles. The SMILES string of the molecule is O=C(O)C1CCCCN1C(=O)Cc1cccc(OCC(F)(F)F)c1. The van der Waals surface area contributed by atoms with E-state index in [1.54, 1.807) is 6.07 Å². The smallest absolute Gasteiger partial charge is 0.422 e. The third kappa shape index (κ3) is 5.14. The lowest BCUT2D eigenvalue weighted by Gasteiger charge is -2.33. The van der Waals surface area contributed by atoms with Crippen LogP contribution in [0.2, 0.25) is 0 Å². The van der Waals surface area contributed by atoms with Crippen LogP contribution in [0.4, 0.5) is 13.2 Å². The van der Waals surface area contributed by atoms with Crippen LogP contribution in [0.25, 0.3) is 0 Å². The van der Waals surface area contributed by atoms with Gasteiger partial charge in [0.25, 0.3) is 0 Å². The lowest BCUT2D eigenvalue weighted by Crippen LogP contribution is -2.48. The molecule has 1 aromatic carbocycles. The third-order valence-corrected chi connectivity index (χ3v) is 3.76. The molecule has 24 heavy (non-hydrogen) atoms. The normalized spacial score (nSPS) is 18.3. The number of ether oxygens (including phenoxy) is 1. The molecule has 1 fully saturated rings. The van der Waals surface area contributed by atoms with E-state index in [2.05, 4.69) is 4.74 Å². The second-order valence-electron chi connectivity index (χ2n) is 5.66. The van der Waals surface area contributed by atoms with Crippen molar-refractivity contribution < 1.29 is 32.6 Å². The quantitative estimate of drug-likeness (QED) is 0.891. The average molecular weight is 345 g/mol. The van der Waals surface area contributed by atoms with Crippen molar-refractivity contribution in [2.75, 3.05) is 13.2 Å². The first kappa shape index (κ1) is 18.1. The predicted molar refractivity (Wildman–Crippen MR) is 78.7 cm³/mol. The number of hydrogen-bond donors (Lipinski definition) is 1. The third-order valence-electron chi connectivity index (χ3n) is 3.76. The number of alkyl halides is 3. The average Bonchev–Trinajstić information content (AvgIpc) is 2.52. The largest absolute Gasteiger partial charge is 0.484 e. The molecule has 2 rings (SSSR count). The Hall–Kier alpha value is -2.25. The number of hydrogen-bond acceptors (Lipinski definition) is 3. The van der Waals surface area contributed by atoms with E-state index in [0.717, 1.165) is 12.8 Å². The standard InChI is InChI=1S/C16H18F3NO4/c17-16(18,19)10-24-12-5-3-4-11(8-12)9-14(21)20-7-2-1-6-13(20)15(22)23/h3-5,8,13H,1-2,6-7,9-10H2,(H,22,23). The van der Waals surface area contributed by atoms with E-state index in [-0.39, 0.29) is 18.1 Å². The number of amides is 1. The molecule has 132 valence electrons. The van der Waals surface area contributed by atoms with Gasteiger partial charge >= 0.3 is 12.1 Å². The maximum Gasteiger partial charge on any atom is 0.422 e. The van der Waals surface area contributed by atoms with E-state index in [0.29, 0.717) is 18.5 Å². The molecule has 0 spiro atoms. The molecule has 1 unspecified atom stereocenters. The summed E-state index contributed by atoms with van der Waals surface area (Å²) in [5.74, 6) is -1.37. The number of likely N-dealkylation sites (tertiary alicyclic amines) is 1. The second-order valence-corrected chi connectivity index (χ2v) is 5.66. The number of nitrogens with zero attached hydrogens (tertiary/aromatic N) is 1. The van der Waals surface area contributed by atoms with E-state index < -0.39 is 24.8 Å². The van der Waals surface area contributed by atoms with Crippen molar-refractivity contribution in [2.24, 2.45) is 0 Å². The lowest BCUT2D eigenvalue weighted by molar-refractivity contribution is -0.153. The first-order valence-corrected chi connectivity index (χ1v) is 7.57. The lowest BCUT2D eigenvalue weighted by atomic mass is 10.0. The van der Waals surface area contributed by atoms with Gasteiger partial charge in [-0.15, -0.1) is 0 Å². The van der Waals surface area contributed by atoms with Crippen molar-refractivity contribution in [1.29, 1.82) is 0 Å². The highest BCUT2D eigenvalue weighted by molar-refractivity contribution is 5.85. The molecule has 1 saturated heterocycles. The Balaban J connectivity index is 2.02. The zero-order chi connectivity index (χ0) is 17.7. The second kappa shape index (κ2) is 7.55. The number of carboxylic acids is 1. The van der Waals surface area contributed by atoms with Crippen molar-refractivity contribution in [3.05, 3.63) is 29.8 Å². The number of aliphatic carboxylic acids is 1. The molecular weight excluding hydrogens is 327 g/mol. The molecule has 1 aliphatic heterocycles. The molecule has 1 aromatic rings. The van der Waals surface area contributed by atoms with Gasteiger partial charge in [-0.3, -0.25) is 4.79 Å². The highest BCUT2D eigenvalue weighted by Gasteiger charge is 2.32. The Morgan fingerprint density at radius 3 is 2.71 bits per heavy atom. The summed E-state index contributed by atoms with van der Waals surface area (Å²) in [5.41, 5.74) is 0.481. The molecule has 1 amide bonds. The topological polar surface area (TPSA) is 66.8 Å². The minimum absolute atomic E-state index is 0.0195. The maximum absolute atomic E-state index is 12.4. The summed E-state index contributed by atoms with van der Waals surface area (Å²) in [5, 5.41) is 9.19. The molecule has 5 nitrogen and oxygen atoms in total. The minimum atomic E-state index is -4.44. The van der Waals surface area contributed by atoms with Crippen molar-refractivity contribution in [2.45, 2.75) is 37.9 Å². The Labute approximate surface area is 137 Å². The van der Waals surface area contributed by atoms with Gasteiger partial charge in [-0.1, -0.05) is 12.1 Å². The van der Waals surface area contributed by atoms with E-state index in [1.807, 2.05) is 0 Å². The summed E-state index contributed by atoms with van der Waals surface area (Å²) < 4.78 is 41.2. The number of rotatable bonds is 5. The van der Waals surface area contributed by atoms with Crippen molar-refractivity contribution in [3.8, 4) is 5.75 Å². The Morgan fingerprint density at radius 1 is 1.29 bits per heavy atom. The van der Waals surface area contributed by atoms with Crippen LogP contribution in [0.1, 0.15) is 24.8 Å². The maximum atomic E-state index is 12.4.